The second-order valence-electron chi connectivity index (χ2n) is 4.02. The molecule has 1 heterocycles. The van der Waals surface area contributed by atoms with Crippen LogP contribution < -0.4 is 0 Å². The zero-order chi connectivity index (χ0) is 11.6. The summed E-state index contributed by atoms with van der Waals surface area (Å²) >= 11 is 0. The molecule has 0 amide bonds. The summed E-state index contributed by atoms with van der Waals surface area (Å²) in [6, 6.07) is 1.80. The molecule has 1 atom stereocenters. The number of hydrogen-bond donors (Lipinski definition) is 1. The Morgan fingerprint density at radius 3 is 2.60 bits per heavy atom. The van der Waals surface area contributed by atoms with Crippen LogP contribution in [0, 0.1) is 0 Å². The lowest BCUT2D eigenvalue weighted by Crippen LogP contribution is -2.42. The molecule has 0 aliphatic carbocycles. The third kappa shape index (κ3) is 2.02. The Labute approximate surface area is 88.7 Å². The first-order chi connectivity index (χ1) is 6.91. The molecule has 15 heavy (non-hydrogen) atoms. The topological polar surface area (TPSA) is 64.3 Å². The summed E-state index contributed by atoms with van der Waals surface area (Å²) in [6.07, 6.45) is 0.763. The SMILES string of the molecule is COC(C(=O)O)C(C)(C)c1ccnn1C. The number of aliphatic carboxylic acids is 1. The van der Waals surface area contributed by atoms with Crippen molar-refractivity contribution in [3.8, 4) is 0 Å². The maximum Gasteiger partial charge on any atom is 0.333 e. The summed E-state index contributed by atoms with van der Waals surface area (Å²) in [6.45, 7) is 3.65. The van der Waals surface area contributed by atoms with Gasteiger partial charge in [0.05, 0.1) is 0 Å². The summed E-state index contributed by atoms with van der Waals surface area (Å²) in [5.41, 5.74) is 0.211. The maximum atomic E-state index is 11.0. The highest BCUT2D eigenvalue weighted by atomic mass is 16.5. The number of carbonyl (C=O) groups is 1. The van der Waals surface area contributed by atoms with Gasteiger partial charge in [-0.15, -0.1) is 0 Å². The average molecular weight is 212 g/mol. The Hall–Kier alpha value is -1.36. The zero-order valence-corrected chi connectivity index (χ0v) is 9.39. The molecule has 0 aliphatic rings. The number of methoxy groups -OCH3 is 1. The van der Waals surface area contributed by atoms with Gasteiger partial charge in [-0.05, 0) is 6.07 Å². The van der Waals surface area contributed by atoms with Crippen molar-refractivity contribution in [2.75, 3.05) is 7.11 Å². The molecule has 0 fully saturated rings. The van der Waals surface area contributed by atoms with Gasteiger partial charge in [0.2, 0.25) is 0 Å². The third-order valence-corrected chi connectivity index (χ3v) is 2.60. The van der Waals surface area contributed by atoms with Crippen molar-refractivity contribution in [2.24, 2.45) is 7.05 Å². The van der Waals surface area contributed by atoms with E-state index in [4.69, 9.17) is 9.84 Å². The predicted molar refractivity (Wildman–Crippen MR) is 54.7 cm³/mol. The molecule has 5 nitrogen and oxygen atoms in total. The number of ether oxygens (including phenoxy) is 1. The van der Waals surface area contributed by atoms with Crippen molar-refractivity contribution in [3.05, 3.63) is 18.0 Å². The van der Waals surface area contributed by atoms with Crippen molar-refractivity contribution in [3.63, 3.8) is 0 Å². The number of aromatic nitrogens is 2. The minimum atomic E-state index is -0.969. The second-order valence-corrected chi connectivity index (χ2v) is 4.02. The molecule has 1 rings (SSSR count). The molecule has 0 saturated carbocycles. The predicted octanol–water partition coefficient (Wildman–Crippen LogP) is 0.797. The van der Waals surface area contributed by atoms with Crippen molar-refractivity contribution < 1.29 is 14.6 Å². The Balaban J connectivity index is 3.11. The molecule has 0 bridgehead atoms. The fourth-order valence-corrected chi connectivity index (χ4v) is 1.84. The Morgan fingerprint density at radius 1 is 1.67 bits per heavy atom. The van der Waals surface area contributed by atoms with Crippen LogP contribution in [0.3, 0.4) is 0 Å². The van der Waals surface area contributed by atoms with E-state index in [1.807, 2.05) is 13.8 Å². The molecule has 0 aromatic carbocycles. The van der Waals surface area contributed by atoms with E-state index in [9.17, 15) is 4.79 Å². The van der Waals surface area contributed by atoms with Crippen LogP contribution in [0.25, 0.3) is 0 Å². The van der Waals surface area contributed by atoms with Crippen LogP contribution in [-0.4, -0.2) is 34.1 Å². The average Bonchev–Trinajstić information content (AvgIpc) is 2.51. The Kier molecular flexibility index (Phi) is 3.14. The van der Waals surface area contributed by atoms with Gasteiger partial charge in [-0.3, -0.25) is 4.68 Å². The monoisotopic (exact) mass is 212 g/mol. The lowest BCUT2D eigenvalue weighted by atomic mass is 9.83. The summed E-state index contributed by atoms with van der Waals surface area (Å²) in [5.74, 6) is -0.969. The first-order valence-corrected chi connectivity index (χ1v) is 4.65. The zero-order valence-electron chi connectivity index (χ0n) is 9.39. The number of carboxylic acids is 1. The molecule has 5 heteroatoms. The highest BCUT2D eigenvalue weighted by molar-refractivity contribution is 5.74. The Morgan fingerprint density at radius 2 is 2.27 bits per heavy atom. The number of aryl methyl sites for hydroxylation is 1. The summed E-state index contributed by atoms with van der Waals surface area (Å²) in [5, 5.41) is 13.1. The van der Waals surface area contributed by atoms with E-state index in [1.165, 1.54) is 7.11 Å². The van der Waals surface area contributed by atoms with E-state index in [1.54, 1.807) is 24.0 Å². The molecule has 0 radical (unpaired) electrons. The molecule has 1 N–H and O–H groups in total. The van der Waals surface area contributed by atoms with E-state index in [2.05, 4.69) is 5.10 Å². The normalized spacial score (nSPS) is 13.9. The number of nitrogens with zero attached hydrogens (tertiary/aromatic N) is 2. The van der Waals surface area contributed by atoms with Crippen LogP contribution >= 0.6 is 0 Å². The van der Waals surface area contributed by atoms with Gasteiger partial charge in [0.1, 0.15) is 0 Å². The molecule has 1 unspecified atom stereocenters. The largest absolute Gasteiger partial charge is 0.479 e. The minimum absolute atomic E-state index is 0.619. The van der Waals surface area contributed by atoms with Gasteiger partial charge in [-0.25, -0.2) is 4.79 Å². The summed E-state index contributed by atoms with van der Waals surface area (Å²) < 4.78 is 6.68. The third-order valence-electron chi connectivity index (χ3n) is 2.60. The first-order valence-electron chi connectivity index (χ1n) is 4.65. The quantitative estimate of drug-likeness (QED) is 0.801. The van der Waals surface area contributed by atoms with Gasteiger partial charge in [0.25, 0.3) is 0 Å². The van der Waals surface area contributed by atoms with E-state index in [0.717, 1.165) is 5.69 Å². The summed E-state index contributed by atoms with van der Waals surface area (Å²) in [7, 11) is 3.18. The first kappa shape index (κ1) is 11.7. The van der Waals surface area contributed by atoms with Crippen molar-refractivity contribution in [1.29, 1.82) is 0 Å². The highest BCUT2D eigenvalue weighted by Crippen LogP contribution is 2.28. The van der Waals surface area contributed by atoms with Crippen LogP contribution in [0.5, 0.6) is 0 Å². The molecule has 0 spiro atoms. The maximum absolute atomic E-state index is 11.0. The van der Waals surface area contributed by atoms with E-state index < -0.39 is 17.5 Å². The lowest BCUT2D eigenvalue weighted by Gasteiger charge is -2.30. The highest BCUT2D eigenvalue weighted by Gasteiger charge is 2.38. The van der Waals surface area contributed by atoms with Gasteiger partial charge < -0.3 is 9.84 Å². The molecular weight excluding hydrogens is 196 g/mol. The summed E-state index contributed by atoms with van der Waals surface area (Å²) in [4.78, 5) is 11.0. The standard InChI is InChI=1S/C10H16N2O3/c1-10(2,8(15-4)9(13)14)7-5-6-11-12(7)3/h5-6,8H,1-4H3,(H,13,14). The molecule has 0 aliphatic heterocycles. The Bertz CT molecular complexity index is 357. The van der Waals surface area contributed by atoms with Crippen LogP contribution in [0.4, 0.5) is 0 Å². The lowest BCUT2D eigenvalue weighted by molar-refractivity contribution is -0.152. The smallest absolute Gasteiger partial charge is 0.333 e. The number of hydrogen-bond acceptors (Lipinski definition) is 3. The number of carboxylic acid groups (broad SMARTS) is 1. The molecule has 1 aromatic heterocycles. The van der Waals surface area contributed by atoms with Crippen molar-refractivity contribution >= 4 is 5.97 Å². The minimum Gasteiger partial charge on any atom is -0.479 e. The van der Waals surface area contributed by atoms with Crippen molar-refractivity contribution in [2.45, 2.75) is 25.4 Å². The van der Waals surface area contributed by atoms with E-state index in [0.29, 0.717) is 0 Å². The van der Waals surface area contributed by atoms with Crippen LogP contribution in [0.1, 0.15) is 19.5 Å². The number of rotatable bonds is 4. The molecule has 84 valence electrons. The van der Waals surface area contributed by atoms with E-state index in [-0.39, 0.29) is 0 Å². The van der Waals surface area contributed by atoms with Crippen LogP contribution in [-0.2, 0) is 22.0 Å². The van der Waals surface area contributed by atoms with Gasteiger partial charge in [0, 0.05) is 31.5 Å². The fraction of sp³-hybridized carbons (Fsp3) is 0.600. The molecule has 1 aromatic rings. The molecule has 0 saturated heterocycles. The van der Waals surface area contributed by atoms with Gasteiger partial charge in [-0.2, -0.15) is 5.10 Å². The van der Waals surface area contributed by atoms with Gasteiger partial charge >= 0.3 is 5.97 Å². The van der Waals surface area contributed by atoms with Crippen LogP contribution in [0.2, 0.25) is 0 Å². The van der Waals surface area contributed by atoms with Gasteiger partial charge in [0.15, 0.2) is 6.10 Å². The fourth-order valence-electron chi connectivity index (χ4n) is 1.84. The van der Waals surface area contributed by atoms with Crippen molar-refractivity contribution in [1.82, 2.24) is 9.78 Å². The second kappa shape index (κ2) is 4.02. The molecular formula is C10H16N2O3. The van der Waals surface area contributed by atoms with Crippen LogP contribution in [0.15, 0.2) is 12.3 Å². The van der Waals surface area contributed by atoms with Gasteiger partial charge in [-0.1, -0.05) is 13.8 Å². The van der Waals surface area contributed by atoms with E-state index >= 15 is 0 Å².